The molecule has 2 rings (SSSR count). The molecule has 0 aliphatic carbocycles. The molecule has 0 aromatic heterocycles. The highest BCUT2D eigenvalue weighted by molar-refractivity contribution is 6.30. The van der Waals surface area contributed by atoms with Crippen molar-refractivity contribution in [3.63, 3.8) is 0 Å². The summed E-state index contributed by atoms with van der Waals surface area (Å²) in [6.07, 6.45) is 0. The van der Waals surface area contributed by atoms with Gasteiger partial charge < -0.3 is 15.1 Å². The van der Waals surface area contributed by atoms with Crippen LogP contribution in [-0.2, 0) is 0 Å². The lowest BCUT2D eigenvalue weighted by atomic mass is 10.3. The molecule has 0 aliphatic rings. The quantitative estimate of drug-likeness (QED) is 0.487. The maximum Gasteiger partial charge on any atom is 0.631 e. The summed E-state index contributed by atoms with van der Waals surface area (Å²) in [5, 5.41) is 29.7. The Kier molecular flexibility index (Phi) is 9.92. The summed E-state index contributed by atoms with van der Waals surface area (Å²) in [4.78, 5) is 2.97. The van der Waals surface area contributed by atoms with E-state index >= 15 is 0 Å². The second-order valence-electron chi connectivity index (χ2n) is 2.94. The standard InChI is InChI=1S/C6H5N2.C6H6.BH3O3/c7-8-6-4-2-1-3-5-6;1-2-4-6-5-3-1;2-1(3)4/h1-5H;1-6H;2-4H/q+1;;. The monoisotopic (exact) mass is 245 g/mol. The van der Waals surface area contributed by atoms with Gasteiger partial charge in [-0.1, -0.05) is 54.6 Å². The summed E-state index contributed by atoms with van der Waals surface area (Å²) in [5.41, 5.74) is 0.590. The van der Waals surface area contributed by atoms with Gasteiger partial charge in [0.15, 0.2) is 4.98 Å². The van der Waals surface area contributed by atoms with Crippen LogP contribution < -0.4 is 0 Å². The van der Waals surface area contributed by atoms with Crippen LogP contribution in [0, 0.1) is 5.39 Å². The highest BCUT2D eigenvalue weighted by Gasteiger charge is 1.96. The first-order valence-electron chi connectivity index (χ1n) is 5.11. The Labute approximate surface area is 106 Å². The third-order valence-electron chi connectivity index (χ3n) is 1.54. The number of hydrogen-bond donors (Lipinski definition) is 3. The molecule has 0 saturated carbocycles. The molecule has 0 spiro atoms. The summed E-state index contributed by atoms with van der Waals surface area (Å²) in [6, 6.07) is 20.9. The second kappa shape index (κ2) is 11.3. The predicted molar refractivity (Wildman–Crippen MR) is 70.0 cm³/mol. The first-order chi connectivity index (χ1) is 8.66. The summed E-state index contributed by atoms with van der Waals surface area (Å²) in [7, 11) is -2.17. The van der Waals surface area contributed by atoms with Crippen molar-refractivity contribution in [2.24, 2.45) is 0 Å². The zero-order chi connectivity index (χ0) is 13.6. The van der Waals surface area contributed by atoms with Crippen molar-refractivity contribution in [3.8, 4) is 0 Å². The van der Waals surface area contributed by atoms with Gasteiger partial charge in [-0.3, -0.25) is 0 Å². The summed E-state index contributed by atoms with van der Waals surface area (Å²) < 4.78 is 0. The van der Waals surface area contributed by atoms with Crippen molar-refractivity contribution in [1.29, 1.82) is 5.39 Å². The molecule has 5 nitrogen and oxygen atoms in total. The molecule has 0 atom stereocenters. The van der Waals surface area contributed by atoms with E-state index in [0.717, 1.165) is 0 Å². The average Bonchev–Trinajstić information content (AvgIpc) is 2.42. The van der Waals surface area contributed by atoms with E-state index in [0.29, 0.717) is 5.69 Å². The van der Waals surface area contributed by atoms with Crippen LogP contribution in [0.2, 0.25) is 0 Å². The van der Waals surface area contributed by atoms with Crippen LogP contribution >= 0.6 is 0 Å². The molecular weight excluding hydrogens is 231 g/mol. The molecule has 0 heterocycles. The van der Waals surface area contributed by atoms with Crippen molar-refractivity contribution in [3.05, 3.63) is 71.7 Å². The van der Waals surface area contributed by atoms with Gasteiger partial charge in [0.2, 0.25) is 5.39 Å². The molecule has 0 unspecified atom stereocenters. The molecule has 0 fully saturated rings. The van der Waals surface area contributed by atoms with E-state index in [1.54, 1.807) is 12.1 Å². The number of rotatable bonds is 0. The van der Waals surface area contributed by atoms with Gasteiger partial charge in [0.25, 0.3) is 0 Å². The van der Waals surface area contributed by atoms with E-state index in [9.17, 15) is 0 Å². The van der Waals surface area contributed by atoms with E-state index in [1.807, 2.05) is 54.6 Å². The van der Waals surface area contributed by atoms with E-state index in [2.05, 4.69) is 4.98 Å². The van der Waals surface area contributed by atoms with Crippen molar-refractivity contribution >= 4 is 13.0 Å². The van der Waals surface area contributed by atoms with Crippen LogP contribution in [-0.4, -0.2) is 22.4 Å². The smallest absolute Gasteiger partial charge is 0.402 e. The number of nitrogens with zero attached hydrogens (tertiary/aromatic N) is 2. The topological polar surface area (TPSA) is 88.8 Å². The fourth-order valence-electron chi connectivity index (χ4n) is 0.880. The molecule has 3 N–H and O–H groups in total. The first-order valence-corrected chi connectivity index (χ1v) is 5.11. The Morgan fingerprint density at radius 2 is 1.00 bits per heavy atom. The van der Waals surface area contributed by atoms with Crippen LogP contribution in [0.3, 0.4) is 0 Å². The van der Waals surface area contributed by atoms with Gasteiger partial charge in [-0.05, 0) is 0 Å². The lowest BCUT2D eigenvalue weighted by Crippen LogP contribution is -2.07. The number of benzene rings is 2. The van der Waals surface area contributed by atoms with E-state index in [-0.39, 0.29) is 0 Å². The molecule has 18 heavy (non-hydrogen) atoms. The highest BCUT2D eigenvalue weighted by Crippen LogP contribution is 2.07. The Morgan fingerprint density at radius 1 is 0.722 bits per heavy atom. The molecule has 2 aromatic rings. The zero-order valence-corrected chi connectivity index (χ0v) is 9.66. The molecule has 2 aromatic carbocycles. The van der Waals surface area contributed by atoms with Crippen molar-refractivity contribution in [1.82, 2.24) is 0 Å². The molecule has 0 saturated heterocycles. The van der Waals surface area contributed by atoms with Gasteiger partial charge in [0.1, 0.15) is 0 Å². The third-order valence-corrected chi connectivity index (χ3v) is 1.54. The van der Waals surface area contributed by atoms with Crippen molar-refractivity contribution in [2.45, 2.75) is 0 Å². The second-order valence-corrected chi connectivity index (χ2v) is 2.94. The lowest BCUT2D eigenvalue weighted by molar-refractivity contribution is 0.278. The van der Waals surface area contributed by atoms with Gasteiger partial charge in [-0.25, -0.2) is 0 Å². The van der Waals surface area contributed by atoms with E-state index < -0.39 is 7.32 Å². The zero-order valence-electron chi connectivity index (χ0n) is 9.66. The molecular formula is C12H14BN2O3+. The molecule has 0 bridgehead atoms. The fraction of sp³-hybridized carbons (Fsp3) is 0. The van der Waals surface area contributed by atoms with Crippen LogP contribution in [0.15, 0.2) is 66.7 Å². The number of diazo groups is 1. The predicted octanol–water partition coefficient (Wildman–Crippen LogP) is 1.81. The minimum absolute atomic E-state index is 0.590. The Morgan fingerprint density at radius 3 is 1.22 bits per heavy atom. The normalized spacial score (nSPS) is 7.67. The summed E-state index contributed by atoms with van der Waals surface area (Å²) in [6.45, 7) is 0. The van der Waals surface area contributed by atoms with Gasteiger partial charge in [0, 0.05) is 12.1 Å². The number of hydrogen-bond acceptors (Lipinski definition) is 4. The Bertz CT molecular complexity index is 403. The maximum absolute atomic E-state index is 8.16. The minimum Gasteiger partial charge on any atom is -0.402 e. The minimum atomic E-state index is -2.17. The highest BCUT2D eigenvalue weighted by atomic mass is 16.5. The molecule has 0 radical (unpaired) electrons. The first kappa shape index (κ1) is 15.8. The van der Waals surface area contributed by atoms with Gasteiger partial charge in [-0.15, -0.1) is 0 Å². The summed E-state index contributed by atoms with van der Waals surface area (Å²) in [5.74, 6) is 0. The Balaban J connectivity index is 0.000000257. The Hall–Kier alpha value is -2.20. The van der Waals surface area contributed by atoms with Crippen LogP contribution in [0.25, 0.3) is 4.98 Å². The van der Waals surface area contributed by atoms with Gasteiger partial charge in [-0.2, -0.15) is 0 Å². The maximum atomic E-state index is 8.16. The van der Waals surface area contributed by atoms with Crippen molar-refractivity contribution < 1.29 is 15.1 Å². The average molecular weight is 245 g/mol. The van der Waals surface area contributed by atoms with Crippen LogP contribution in [0.4, 0.5) is 5.69 Å². The van der Waals surface area contributed by atoms with Crippen LogP contribution in [0.5, 0.6) is 0 Å². The van der Waals surface area contributed by atoms with Gasteiger partial charge in [0.05, 0.1) is 0 Å². The van der Waals surface area contributed by atoms with Gasteiger partial charge >= 0.3 is 13.0 Å². The van der Waals surface area contributed by atoms with Crippen LogP contribution in [0.1, 0.15) is 0 Å². The van der Waals surface area contributed by atoms with E-state index in [4.69, 9.17) is 20.5 Å². The lowest BCUT2D eigenvalue weighted by Gasteiger charge is -1.69. The molecule has 0 aliphatic heterocycles. The third kappa shape index (κ3) is 11.9. The van der Waals surface area contributed by atoms with Crippen molar-refractivity contribution in [2.75, 3.05) is 0 Å². The largest absolute Gasteiger partial charge is 0.631 e. The fourth-order valence-corrected chi connectivity index (χ4v) is 0.880. The summed E-state index contributed by atoms with van der Waals surface area (Å²) >= 11 is 0. The SMILES string of the molecule is N#[N+]c1ccccc1.OB(O)O.c1ccccc1. The van der Waals surface area contributed by atoms with E-state index in [1.165, 1.54) is 0 Å². The molecule has 0 amide bonds. The molecule has 6 heteroatoms. The molecule has 92 valence electrons.